The van der Waals surface area contributed by atoms with Crippen molar-refractivity contribution in [1.29, 1.82) is 0 Å². The molecule has 2 aliphatic rings. The number of anilines is 1. The molecule has 2 fully saturated rings. The number of fused-ring (bicyclic) bond motifs is 1. The second-order valence-electron chi connectivity index (χ2n) is 7.05. The molecule has 1 aliphatic carbocycles. The molecule has 2 aromatic rings. The molecule has 138 valence electrons. The number of benzene rings is 1. The summed E-state index contributed by atoms with van der Waals surface area (Å²) in [6, 6.07) is 2.70. The van der Waals surface area contributed by atoms with Crippen molar-refractivity contribution in [3.8, 4) is 0 Å². The number of nitrogens with two attached hydrogens (primary N) is 1. The van der Waals surface area contributed by atoms with E-state index in [4.69, 9.17) is 5.73 Å². The number of rotatable bonds is 4. The van der Waals surface area contributed by atoms with Crippen molar-refractivity contribution in [2.75, 3.05) is 24.5 Å². The zero-order chi connectivity index (χ0) is 18.6. The van der Waals surface area contributed by atoms with Crippen LogP contribution in [0.1, 0.15) is 29.2 Å². The van der Waals surface area contributed by atoms with Gasteiger partial charge in [-0.1, -0.05) is 0 Å². The van der Waals surface area contributed by atoms with E-state index in [1.807, 2.05) is 0 Å². The third kappa shape index (κ3) is 2.65. The third-order valence-corrected chi connectivity index (χ3v) is 5.28. The van der Waals surface area contributed by atoms with Gasteiger partial charge in [-0.3, -0.25) is 4.79 Å². The molecule has 0 unspecified atom stereocenters. The largest absolute Gasteiger partial charge is 0.477 e. The first-order chi connectivity index (χ1) is 12.4. The highest BCUT2D eigenvalue weighted by molar-refractivity contribution is 5.93. The Morgan fingerprint density at radius 3 is 2.62 bits per heavy atom. The van der Waals surface area contributed by atoms with Crippen LogP contribution in [0.4, 0.5) is 14.5 Å². The molecule has 26 heavy (non-hydrogen) atoms. The van der Waals surface area contributed by atoms with Gasteiger partial charge in [0.15, 0.2) is 0 Å². The summed E-state index contributed by atoms with van der Waals surface area (Å²) in [5, 5.41) is 9.30. The van der Waals surface area contributed by atoms with E-state index in [1.165, 1.54) is 12.3 Å². The standard InChI is InChI=1S/C18H19F2N3O3/c19-13-3-11-15(4-16(13)22-6-9(5-21)14(20)8-22)23(10-1-2-10)7-12(17(11)24)18(25)26/h3-4,7,9-10,14H,1-2,5-6,8,21H2,(H,25,26)/t9-,14+/m1/s1. The van der Waals surface area contributed by atoms with E-state index in [2.05, 4.69) is 0 Å². The van der Waals surface area contributed by atoms with Gasteiger partial charge in [-0.2, -0.15) is 0 Å². The van der Waals surface area contributed by atoms with Crippen molar-refractivity contribution < 1.29 is 18.7 Å². The fourth-order valence-electron chi connectivity index (χ4n) is 3.66. The first-order valence-electron chi connectivity index (χ1n) is 8.61. The molecule has 0 spiro atoms. The molecule has 8 heteroatoms. The predicted octanol–water partition coefficient (Wildman–Crippen LogP) is 1.91. The highest BCUT2D eigenvalue weighted by Gasteiger charge is 2.34. The molecule has 2 atom stereocenters. The minimum atomic E-state index is -1.33. The van der Waals surface area contributed by atoms with Crippen LogP contribution in [0.2, 0.25) is 0 Å². The molecule has 1 aliphatic heterocycles. The average Bonchev–Trinajstić information content (AvgIpc) is 3.37. The van der Waals surface area contributed by atoms with Gasteiger partial charge >= 0.3 is 5.97 Å². The van der Waals surface area contributed by atoms with Gasteiger partial charge in [0.2, 0.25) is 5.43 Å². The highest BCUT2D eigenvalue weighted by Crippen LogP contribution is 2.38. The van der Waals surface area contributed by atoms with E-state index < -0.39 is 23.4 Å². The Morgan fingerprint density at radius 2 is 2.04 bits per heavy atom. The van der Waals surface area contributed by atoms with Crippen molar-refractivity contribution in [3.63, 3.8) is 0 Å². The van der Waals surface area contributed by atoms with Crippen LogP contribution in [-0.2, 0) is 0 Å². The number of carboxylic acid groups (broad SMARTS) is 1. The van der Waals surface area contributed by atoms with Crippen molar-refractivity contribution in [2.24, 2.45) is 11.7 Å². The Labute approximate surface area is 147 Å². The van der Waals surface area contributed by atoms with Crippen LogP contribution in [0.3, 0.4) is 0 Å². The lowest BCUT2D eigenvalue weighted by Crippen LogP contribution is -2.24. The first kappa shape index (κ1) is 17.0. The average molecular weight is 363 g/mol. The first-order valence-corrected chi connectivity index (χ1v) is 8.61. The smallest absolute Gasteiger partial charge is 0.341 e. The molecule has 0 amide bonds. The summed E-state index contributed by atoms with van der Waals surface area (Å²) in [7, 11) is 0. The predicted molar refractivity (Wildman–Crippen MR) is 93.0 cm³/mol. The fourth-order valence-corrected chi connectivity index (χ4v) is 3.66. The molecule has 0 radical (unpaired) electrons. The van der Waals surface area contributed by atoms with Gasteiger partial charge in [0.1, 0.15) is 17.6 Å². The monoisotopic (exact) mass is 363 g/mol. The topological polar surface area (TPSA) is 88.6 Å². The maximum atomic E-state index is 14.7. The van der Waals surface area contributed by atoms with Crippen molar-refractivity contribution in [2.45, 2.75) is 25.1 Å². The Balaban J connectivity index is 1.89. The quantitative estimate of drug-likeness (QED) is 0.866. The normalized spacial score (nSPS) is 23.0. The summed E-state index contributed by atoms with van der Waals surface area (Å²) >= 11 is 0. The van der Waals surface area contributed by atoms with E-state index in [9.17, 15) is 23.5 Å². The summed E-state index contributed by atoms with van der Waals surface area (Å²) in [6.45, 7) is 0.535. The van der Waals surface area contributed by atoms with Gasteiger partial charge in [0.25, 0.3) is 0 Å². The number of pyridine rings is 1. The Bertz CT molecular complexity index is 955. The SMILES string of the molecule is NC[C@@H]1CN(c2cc3c(cc2F)c(=O)c(C(=O)O)cn3C2CC2)C[C@@H]1F. The van der Waals surface area contributed by atoms with Crippen LogP contribution in [0.5, 0.6) is 0 Å². The summed E-state index contributed by atoms with van der Waals surface area (Å²) in [5.41, 5.74) is 5.18. The Kier molecular flexibility index (Phi) is 3.95. The number of nitrogens with zero attached hydrogens (tertiary/aromatic N) is 2. The highest BCUT2D eigenvalue weighted by atomic mass is 19.1. The van der Waals surface area contributed by atoms with E-state index in [-0.39, 0.29) is 41.7 Å². The lowest BCUT2D eigenvalue weighted by molar-refractivity contribution is 0.0695. The number of hydrogen-bond acceptors (Lipinski definition) is 4. The van der Waals surface area contributed by atoms with Gasteiger partial charge in [-0.25, -0.2) is 13.6 Å². The van der Waals surface area contributed by atoms with Crippen molar-refractivity contribution in [1.82, 2.24) is 4.57 Å². The summed E-state index contributed by atoms with van der Waals surface area (Å²) in [4.78, 5) is 25.4. The number of hydrogen-bond donors (Lipinski definition) is 2. The van der Waals surface area contributed by atoms with Gasteiger partial charge in [0, 0.05) is 36.6 Å². The number of carbonyl (C=O) groups is 1. The number of carboxylic acids is 1. The molecule has 1 aromatic heterocycles. The third-order valence-electron chi connectivity index (χ3n) is 5.28. The van der Waals surface area contributed by atoms with Crippen molar-refractivity contribution >= 4 is 22.6 Å². The zero-order valence-corrected chi connectivity index (χ0v) is 14.0. The van der Waals surface area contributed by atoms with Crippen LogP contribution in [0.25, 0.3) is 10.9 Å². The fraction of sp³-hybridized carbons (Fsp3) is 0.444. The van der Waals surface area contributed by atoms with Gasteiger partial charge in [0.05, 0.1) is 11.2 Å². The maximum absolute atomic E-state index is 14.7. The number of halogens is 2. The molecule has 0 bridgehead atoms. The zero-order valence-electron chi connectivity index (χ0n) is 14.0. The minimum absolute atomic E-state index is 0.0319. The van der Waals surface area contributed by atoms with Gasteiger partial charge < -0.3 is 20.3 Å². The molecule has 3 N–H and O–H groups in total. The molecule has 6 nitrogen and oxygen atoms in total. The van der Waals surface area contributed by atoms with Crippen LogP contribution in [-0.4, -0.2) is 41.4 Å². The van der Waals surface area contributed by atoms with Crippen LogP contribution in [0, 0.1) is 11.7 Å². The Morgan fingerprint density at radius 1 is 1.31 bits per heavy atom. The molecular weight excluding hydrogens is 344 g/mol. The molecule has 2 heterocycles. The lowest BCUT2D eigenvalue weighted by Gasteiger charge is -2.21. The number of alkyl halides is 1. The van der Waals surface area contributed by atoms with Crippen LogP contribution < -0.4 is 16.1 Å². The van der Waals surface area contributed by atoms with Crippen LogP contribution in [0.15, 0.2) is 23.1 Å². The van der Waals surface area contributed by atoms with E-state index in [0.29, 0.717) is 12.1 Å². The molecule has 1 saturated heterocycles. The second-order valence-corrected chi connectivity index (χ2v) is 7.05. The van der Waals surface area contributed by atoms with E-state index >= 15 is 0 Å². The molecule has 1 aromatic carbocycles. The number of aromatic carboxylic acids is 1. The molecule has 1 saturated carbocycles. The van der Waals surface area contributed by atoms with Crippen molar-refractivity contribution in [3.05, 3.63) is 39.9 Å². The summed E-state index contributed by atoms with van der Waals surface area (Å²) in [6.07, 6.45) is 1.94. The number of aromatic nitrogens is 1. The second kappa shape index (κ2) is 6.05. The lowest BCUT2D eigenvalue weighted by atomic mass is 10.1. The summed E-state index contributed by atoms with van der Waals surface area (Å²) in [5.74, 6) is -2.35. The van der Waals surface area contributed by atoms with Gasteiger partial charge in [-0.15, -0.1) is 0 Å². The minimum Gasteiger partial charge on any atom is -0.477 e. The van der Waals surface area contributed by atoms with E-state index in [1.54, 1.807) is 9.47 Å². The summed E-state index contributed by atoms with van der Waals surface area (Å²) < 4.78 is 30.5. The molecular formula is C18H19F2N3O3. The maximum Gasteiger partial charge on any atom is 0.341 e. The van der Waals surface area contributed by atoms with E-state index in [0.717, 1.165) is 18.9 Å². The molecule has 4 rings (SSSR count). The van der Waals surface area contributed by atoms with Gasteiger partial charge in [-0.05, 0) is 31.5 Å². The van der Waals surface area contributed by atoms with Crippen LogP contribution >= 0.6 is 0 Å². The Hall–Kier alpha value is -2.48.